The molecular weight excluding hydrogens is 386 g/mol. The average molecular weight is 410 g/mol. The van der Waals surface area contributed by atoms with Crippen molar-refractivity contribution >= 4 is 33.6 Å². The van der Waals surface area contributed by atoms with Crippen LogP contribution in [0.3, 0.4) is 0 Å². The second-order valence-electron chi connectivity index (χ2n) is 6.68. The van der Waals surface area contributed by atoms with Gasteiger partial charge in [0.05, 0.1) is 14.2 Å². The van der Waals surface area contributed by atoms with E-state index in [-0.39, 0.29) is 30.1 Å². The SMILES string of the molecule is COC1=N[C@@H](C(C)C)C(OC)=N[C@H]1CC1=CC=C(Br)C2OC(C)=NC12. The van der Waals surface area contributed by atoms with E-state index in [0.717, 1.165) is 10.1 Å². The first kappa shape index (κ1) is 18.2. The van der Waals surface area contributed by atoms with Gasteiger partial charge in [0.1, 0.15) is 18.1 Å². The molecule has 1 aliphatic carbocycles. The van der Waals surface area contributed by atoms with Crippen LogP contribution in [0.4, 0.5) is 0 Å². The molecule has 2 heterocycles. The molecule has 136 valence electrons. The van der Waals surface area contributed by atoms with E-state index in [1.807, 2.05) is 13.0 Å². The lowest BCUT2D eigenvalue weighted by molar-refractivity contribution is 0.243. The lowest BCUT2D eigenvalue weighted by Crippen LogP contribution is -2.38. The molecule has 6 nitrogen and oxygen atoms in total. The average Bonchev–Trinajstić information content (AvgIpc) is 2.99. The summed E-state index contributed by atoms with van der Waals surface area (Å²) in [5.41, 5.74) is 1.15. The van der Waals surface area contributed by atoms with Crippen LogP contribution in [-0.4, -0.2) is 56.1 Å². The first-order valence-electron chi connectivity index (χ1n) is 8.45. The van der Waals surface area contributed by atoms with Crippen LogP contribution in [0, 0.1) is 5.92 Å². The normalized spacial score (nSPS) is 31.2. The Balaban J connectivity index is 1.86. The van der Waals surface area contributed by atoms with Crippen molar-refractivity contribution in [1.29, 1.82) is 0 Å². The van der Waals surface area contributed by atoms with Crippen LogP contribution in [0.25, 0.3) is 0 Å². The summed E-state index contributed by atoms with van der Waals surface area (Å²) in [4.78, 5) is 14.1. The van der Waals surface area contributed by atoms with E-state index >= 15 is 0 Å². The van der Waals surface area contributed by atoms with Crippen molar-refractivity contribution in [3.8, 4) is 0 Å². The van der Waals surface area contributed by atoms with Gasteiger partial charge in [-0.15, -0.1) is 0 Å². The van der Waals surface area contributed by atoms with E-state index in [9.17, 15) is 0 Å². The highest BCUT2D eigenvalue weighted by Crippen LogP contribution is 2.35. The predicted molar refractivity (Wildman–Crippen MR) is 103 cm³/mol. The summed E-state index contributed by atoms with van der Waals surface area (Å²) in [6.45, 7) is 6.08. The van der Waals surface area contributed by atoms with Crippen molar-refractivity contribution in [2.45, 2.75) is 51.4 Å². The molecule has 0 aromatic rings. The third kappa shape index (κ3) is 3.52. The van der Waals surface area contributed by atoms with Crippen molar-refractivity contribution < 1.29 is 14.2 Å². The highest BCUT2D eigenvalue weighted by Gasteiger charge is 2.39. The molecule has 0 spiro atoms. The Kier molecular flexibility index (Phi) is 5.32. The number of rotatable bonds is 3. The van der Waals surface area contributed by atoms with Crippen molar-refractivity contribution in [3.63, 3.8) is 0 Å². The molecule has 3 aliphatic rings. The molecule has 0 aromatic heterocycles. The summed E-state index contributed by atoms with van der Waals surface area (Å²) in [5.74, 6) is 2.30. The molecular formula is C18H24BrN3O3. The molecule has 0 saturated carbocycles. The minimum atomic E-state index is -0.205. The minimum Gasteiger partial charge on any atom is -0.483 e. The number of hydrogen-bond donors (Lipinski definition) is 0. The highest BCUT2D eigenvalue weighted by molar-refractivity contribution is 9.11. The molecule has 0 bridgehead atoms. The van der Waals surface area contributed by atoms with E-state index in [1.54, 1.807) is 14.2 Å². The summed E-state index contributed by atoms with van der Waals surface area (Å²) in [5, 5.41) is 0. The first-order chi connectivity index (χ1) is 11.9. The maximum absolute atomic E-state index is 5.81. The van der Waals surface area contributed by atoms with Gasteiger partial charge >= 0.3 is 0 Å². The molecule has 3 rings (SSSR count). The van der Waals surface area contributed by atoms with Crippen LogP contribution in [-0.2, 0) is 14.2 Å². The van der Waals surface area contributed by atoms with Crippen LogP contribution in [0.5, 0.6) is 0 Å². The number of allylic oxidation sites excluding steroid dienone is 2. The maximum Gasteiger partial charge on any atom is 0.209 e. The number of nitrogens with zero attached hydrogens (tertiary/aromatic N) is 3. The van der Waals surface area contributed by atoms with Gasteiger partial charge in [0.2, 0.25) is 11.8 Å². The molecule has 4 atom stereocenters. The van der Waals surface area contributed by atoms with Gasteiger partial charge in [0.25, 0.3) is 0 Å². The standard InChI is InChI=1S/C18H24BrN3O3/c1-9(2)14-18(24-5)21-13(17(22-14)23-4)8-11-6-7-12(19)16-15(11)20-10(3)25-16/h6-7,9,13-16H,8H2,1-5H3/t13-,14-,15?,16?/m0/s1. The summed E-state index contributed by atoms with van der Waals surface area (Å²) in [6.07, 6.45) is 4.69. The van der Waals surface area contributed by atoms with E-state index < -0.39 is 0 Å². The first-order valence-corrected chi connectivity index (χ1v) is 9.24. The number of ether oxygens (including phenoxy) is 3. The summed E-state index contributed by atoms with van der Waals surface area (Å²) in [7, 11) is 3.29. The Labute approximate surface area is 156 Å². The van der Waals surface area contributed by atoms with Crippen LogP contribution >= 0.6 is 15.9 Å². The third-order valence-electron chi connectivity index (χ3n) is 4.58. The van der Waals surface area contributed by atoms with E-state index in [0.29, 0.717) is 24.1 Å². The van der Waals surface area contributed by atoms with Crippen LogP contribution in [0.2, 0.25) is 0 Å². The van der Waals surface area contributed by atoms with Gasteiger partial charge in [0.15, 0.2) is 12.0 Å². The van der Waals surface area contributed by atoms with Gasteiger partial charge in [-0.2, -0.15) is 0 Å². The zero-order valence-electron chi connectivity index (χ0n) is 15.2. The highest BCUT2D eigenvalue weighted by atomic mass is 79.9. The van der Waals surface area contributed by atoms with Crippen LogP contribution in [0.15, 0.2) is 37.2 Å². The zero-order chi connectivity index (χ0) is 18.1. The number of methoxy groups -OCH3 is 2. The largest absolute Gasteiger partial charge is 0.483 e. The Morgan fingerprint density at radius 2 is 1.84 bits per heavy atom. The number of hydrogen-bond acceptors (Lipinski definition) is 6. The van der Waals surface area contributed by atoms with Gasteiger partial charge in [-0.1, -0.05) is 35.9 Å². The molecule has 7 heteroatoms. The summed E-state index contributed by atoms with van der Waals surface area (Å²) in [6, 6.07) is -0.335. The van der Waals surface area contributed by atoms with Gasteiger partial charge in [0, 0.05) is 17.8 Å². The molecule has 2 unspecified atom stereocenters. The molecule has 0 radical (unpaired) electrons. The van der Waals surface area contributed by atoms with E-state index in [4.69, 9.17) is 24.2 Å². The van der Waals surface area contributed by atoms with Gasteiger partial charge < -0.3 is 14.2 Å². The van der Waals surface area contributed by atoms with Gasteiger partial charge in [-0.05, 0) is 17.6 Å². The third-order valence-corrected chi connectivity index (χ3v) is 5.30. The van der Waals surface area contributed by atoms with Crippen molar-refractivity contribution in [3.05, 3.63) is 22.2 Å². The quantitative estimate of drug-likeness (QED) is 0.718. The summed E-state index contributed by atoms with van der Waals surface area (Å²) < 4.78 is 17.9. The predicted octanol–water partition coefficient (Wildman–Crippen LogP) is 3.28. The molecule has 0 fully saturated rings. The Hall–Kier alpha value is -1.63. The van der Waals surface area contributed by atoms with Crippen molar-refractivity contribution in [1.82, 2.24) is 0 Å². The molecule has 0 N–H and O–H groups in total. The van der Waals surface area contributed by atoms with Crippen molar-refractivity contribution in [2.24, 2.45) is 20.9 Å². The van der Waals surface area contributed by atoms with E-state index in [1.165, 1.54) is 0 Å². The molecule has 25 heavy (non-hydrogen) atoms. The zero-order valence-corrected chi connectivity index (χ0v) is 16.8. The van der Waals surface area contributed by atoms with E-state index in [2.05, 4.69) is 40.8 Å². The second-order valence-corrected chi connectivity index (χ2v) is 7.59. The molecule has 0 aromatic carbocycles. The van der Waals surface area contributed by atoms with Gasteiger partial charge in [-0.25, -0.2) is 15.0 Å². The molecule has 2 aliphatic heterocycles. The minimum absolute atomic E-state index is 0.0264. The van der Waals surface area contributed by atoms with Crippen LogP contribution < -0.4 is 0 Å². The summed E-state index contributed by atoms with van der Waals surface area (Å²) >= 11 is 3.57. The Morgan fingerprint density at radius 1 is 1.12 bits per heavy atom. The number of fused-ring (bicyclic) bond motifs is 1. The Morgan fingerprint density at radius 3 is 2.48 bits per heavy atom. The number of aliphatic imine (C=N–C) groups is 3. The fourth-order valence-corrected chi connectivity index (χ4v) is 3.79. The van der Waals surface area contributed by atoms with Gasteiger partial charge in [-0.3, -0.25) is 0 Å². The Bertz CT molecular complexity index is 694. The number of halogens is 1. The van der Waals surface area contributed by atoms with Crippen LogP contribution in [0.1, 0.15) is 27.2 Å². The van der Waals surface area contributed by atoms with Crippen molar-refractivity contribution in [2.75, 3.05) is 14.2 Å². The fourth-order valence-electron chi connectivity index (χ4n) is 3.31. The smallest absolute Gasteiger partial charge is 0.209 e. The lowest BCUT2D eigenvalue weighted by Gasteiger charge is -2.29. The monoisotopic (exact) mass is 409 g/mol. The topological polar surface area (TPSA) is 64.8 Å². The maximum atomic E-state index is 5.81. The second kappa shape index (κ2) is 7.32. The lowest BCUT2D eigenvalue weighted by atomic mass is 9.91. The molecule has 0 saturated heterocycles. The fraction of sp³-hybridized carbons (Fsp3) is 0.611. The molecule has 0 amide bonds.